The van der Waals surface area contributed by atoms with Crippen LogP contribution in [0.1, 0.15) is 46.0 Å². The Hall–Kier alpha value is -1.30. The Morgan fingerprint density at radius 1 is 1.35 bits per heavy atom. The number of fused-ring (bicyclic) bond motifs is 5. The van der Waals surface area contributed by atoms with Gasteiger partial charge < -0.3 is 15.3 Å². The molecule has 5 nitrogen and oxygen atoms in total. The lowest BCUT2D eigenvalue weighted by atomic mass is 9.47. The van der Waals surface area contributed by atoms with Gasteiger partial charge in [-0.1, -0.05) is 31.6 Å². The first-order chi connectivity index (χ1) is 12.2. The summed E-state index contributed by atoms with van der Waals surface area (Å²) in [4.78, 5) is 24.2. The Balaban J connectivity index is 1.76. The van der Waals surface area contributed by atoms with Crippen LogP contribution in [0.5, 0.6) is 0 Å². The van der Waals surface area contributed by atoms with Gasteiger partial charge in [0.2, 0.25) is 0 Å². The predicted octanol–water partition coefficient (Wildman–Crippen LogP) is 1.56. The summed E-state index contributed by atoms with van der Waals surface area (Å²) in [6.07, 6.45) is 7.64. The van der Waals surface area contributed by atoms with E-state index in [1.165, 1.54) is 0 Å². The van der Waals surface area contributed by atoms with Gasteiger partial charge >= 0.3 is 0 Å². The van der Waals surface area contributed by atoms with Gasteiger partial charge in [0.15, 0.2) is 11.6 Å². The second-order valence-electron chi connectivity index (χ2n) is 9.19. The molecule has 0 aromatic rings. The smallest absolute Gasteiger partial charge is 0.190 e. The van der Waals surface area contributed by atoms with Crippen molar-refractivity contribution < 1.29 is 24.9 Å². The van der Waals surface area contributed by atoms with Gasteiger partial charge in [0.05, 0.1) is 6.10 Å². The molecule has 4 rings (SSSR count). The Bertz CT molecular complexity index is 724. The van der Waals surface area contributed by atoms with Gasteiger partial charge in [-0.3, -0.25) is 9.59 Å². The molecule has 0 saturated heterocycles. The Morgan fingerprint density at radius 3 is 2.77 bits per heavy atom. The second kappa shape index (κ2) is 5.60. The van der Waals surface area contributed by atoms with E-state index in [0.29, 0.717) is 25.7 Å². The molecule has 4 aliphatic carbocycles. The van der Waals surface area contributed by atoms with Gasteiger partial charge in [0.25, 0.3) is 0 Å². The fourth-order valence-corrected chi connectivity index (χ4v) is 6.83. The van der Waals surface area contributed by atoms with E-state index in [-0.39, 0.29) is 29.0 Å². The summed E-state index contributed by atoms with van der Waals surface area (Å²) in [7, 11) is 0. The van der Waals surface area contributed by atoms with Crippen molar-refractivity contribution in [3.8, 4) is 0 Å². The van der Waals surface area contributed by atoms with Crippen LogP contribution in [0.4, 0.5) is 0 Å². The number of rotatable bonds is 2. The Kier molecular flexibility index (Phi) is 3.89. The summed E-state index contributed by atoms with van der Waals surface area (Å²) in [5.41, 5.74) is -1.56. The van der Waals surface area contributed by atoms with Gasteiger partial charge in [-0.2, -0.15) is 0 Å². The van der Waals surface area contributed by atoms with E-state index in [1.807, 2.05) is 13.0 Å². The maximum Gasteiger partial charge on any atom is 0.190 e. The predicted molar refractivity (Wildman–Crippen MR) is 95.0 cm³/mol. The summed E-state index contributed by atoms with van der Waals surface area (Å²) in [5.74, 6) is -0.190. The minimum absolute atomic E-state index is 0.0171. The maximum atomic E-state index is 12.3. The zero-order chi connectivity index (χ0) is 18.9. The van der Waals surface area contributed by atoms with Crippen LogP contribution in [-0.2, 0) is 9.59 Å². The molecule has 0 amide bonds. The van der Waals surface area contributed by atoms with E-state index in [2.05, 4.69) is 13.0 Å². The molecule has 3 N–H and O–H groups in total. The number of hydrogen-bond acceptors (Lipinski definition) is 5. The minimum atomic E-state index is -1.57. The molecular weight excluding hydrogens is 332 g/mol. The molecule has 0 aromatic carbocycles. The molecule has 0 spiro atoms. The lowest BCUT2D eigenvalue weighted by Gasteiger charge is -2.58. The van der Waals surface area contributed by atoms with Crippen LogP contribution in [0.15, 0.2) is 23.8 Å². The summed E-state index contributed by atoms with van der Waals surface area (Å²) in [6, 6.07) is 0. The van der Waals surface area contributed by atoms with Crippen molar-refractivity contribution in [3.63, 3.8) is 0 Å². The third-order valence-electron chi connectivity index (χ3n) is 8.21. The number of hydrogen-bond donors (Lipinski definition) is 3. The van der Waals surface area contributed by atoms with Crippen LogP contribution in [0.2, 0.25) is 0 Å². The molecule has 2 fully saturated rings. The number of carbonyl (C=O) groups excluding carboxylic acids is 2. The van der Waals surface area contributed by atoms with Gasteiger partial charge in [-0.25, -0.2) is 0 Å². The molecule has 0 radical (unpaired) electrons. The Morgan fingerprint density at radius 2 is 2.08 bits per heavy atom. The van der Waals surface area contributed by atoms with Crippen molar-refractivity contribution in [2.24, 2.45) is 28.6 Å². The third-order valence-corrected chi connectivity index (χ3v) is 8.21. The van der Waals surface area contributed by atoms with Crippen LogP contribution in [0, 0.1) is 28.6 Å². The van der Waals surface area contributed by atoms with Crippen LogP contribution < -0.4 is 0 Å². The van der Waals surface area contributed by atoms with E-state index in [4.69, 9.17) is 0 Å². The molecule has 26 heavy (non-hydrogen) atoms. The first-order valence-corrected chi connectivity index (χ1v) is 9.63. The SMILES string of the molecule is C[C@]12C=CC(=O)CC1=CCC1C2[C@@H](O)C[C@@]2(C)C1CC[C@]2(O)C(=O)CO. The van der Waals surface area contributed by atoms with Crippen LogP contribution in [0.25, 0.3) is 0 Å². The summed E-state index contributed by atoms with van der Waals surface area (Å²) < 4.78 is 0. The van der Waals surface area contributed by atoms with Gasteiger partial charge in [-0.15, -0.1) is 0 Å². The number of Topliss-reactive ketones (excluding diaryl/α,β-unsaturated/α-hetero) is 1. The summed E-state index contributed by atoms with van der Waals surface area (Å²) in [6.45, 7) is 3.33. The molecule has 0 aliphatic heterocycles. The minimum Gasteiger partial charge on any atom is -0.393 e. The van der Waals surface area contributed by atoms with Crippen LogP contribution in [0.3, 0.4) is 0 Å². The first-order valence-electron chi connectivity index (χ1n) is 9.63. The van der Waals surface area contributed by atoms with Crippen LogP contribution >= 0.6 is 0 Å². The molecular formula is C21H28O5. The standard InChI is InChI=1S/C21H28O5/c1-19-7-5-13(23)9-12(19)3-4-14-15-6-8-21(26,17(25)11-22)20(15,2)10-16(24)18(14)19/h3,5,7,14-16,18,22,24,26H,4,6,8-11H2,1-2H3/t14?,15?,16-,18?,19-,20-,21-/m0/s1. The topological polar surface area (TPSA) is 94.8 Å². The number of ketones is 2. The van der Waals surface area contributed by atoms with Gasteiger partial charge in [0, 0.05) is 23.2 Å². The molecule has 3 unspecified atom stereocenters. The molecule has 4 aliphatic rings. The van der Waals surface area contributed by atoms with Crippen molar-refractivity contribution in [2.75, 3.05) is 6.61 Å². The first kappa shape index (κ1) is 18.1. The van der Waals surface area contributed by atoms with E-state index < -0.39 is 29.5 Å². The molecule has 0 aromatic heterocycles. The van der Waals surface area contributed by atoms with Crippen molar-refractivity contribution in [1.82, 2.24) is 0 Å². The lowest BCUT2D eigenvalue weighted by Crippen LogP contribution is -2.61. The largest absolute Gasteiger partial charge is 0.393 e. The molecule has 7 atom stereocenters. The lowest BCUT2D eigenvalue weighted by molar-refractivity contribution is -0.176. The number of carbonyl (C=O) groups is 2. The van der Waals surface area contributed by atoms with E-state index in [1.54, 1.807) is 6.08 Å². The van der Waals surface area contributed by atoms with Crippen molar-refractivity contribution in [1.29, 1.82) is 0 Å². The third kappa shape index (κ3) is 2.08. The number of aliphatic hydroxyl groups is 3. The summed E-state index contributed by atoms with van der Waals surface area (Å²) >= 11 is 0. The summed E-state index contributed by atoms with van der Waals surface area (Å²) in [5, 5.41) is 31.7. The maximum absolute atomic E-state index is 12.3. The van der Waals surface area contributed by atoms with Gasteiger partial charge in [0.1, 0.15) is 12.2 Å². The fourth-order valence-electron chi connectivity index (χ4n) is 6.83. The van der Waals surface area contributed by atoms with E-state index in [0.717, 1.165) is 12.0 Å². The zero-order valence-corrected chi connectivity index (χ0v) is 15.4. The van der Waals surface area contributed by atoms with Gasteiger partial charge in [-0.05, 0) is 43.6 Å². The molecule has 2 saturated carbocycles. The highest BCUT2D eigenvalue weighted by atomic mass is 16.3. The van der Waals surface area contributed by atoms with Crippen LogP contribution in [-0.4, -0.2) is 45.2 Å². The number of aliphatic hydroxyl groups excluding tert-OH is 2. The molecule has 142 valence electrons. The quantitative estimate of drug-likeness (QED) is 0.650. The van der Waals surface area contributed by atoms with Crippen molar-refractivity contribution in [3.05, 3.63) is 23.8 Å². The molecule has 0 bridgehead atoms. The molecule has 0 heterocycles. The average molecular weight is 360 g/mol. The highest BCUT2D eigenvalue weighted by Gasteiger charge is 2.67. The molecule has 5 heteroatoms. The highest BCUT2D eigenvalue weighted by Crippen LogP contribution is 2.66. The second-order valence-corrected chi connectivity index (χ2v) is 9.19. The fraction of sp³-hybridized carbons (Fsp3) is 0.714. The van der Waals surface area contributed by atoms with Crippen molar-refractivity contribution >= 4 is 11.6 Å². The normalized spacial score (nSPS) is 49.9. The highest BCUT2D eigenvalue weighted by molar-refractivity contribution is 5.93. The zero-order valence-electron chi connectivity index (χ0n) is 15.4. The van der Waals surface area contributed by atoms with E-state index in [9.17, 15) is 24.9 Å². The Labute approximate surface area is 153 Å². The number of allylic oxidation sites excluding steroid dienone is 4. The average Bonchev–Trinajstić information content (AvgIpc) is 2.86. The monoisotopic (exact) mass is 360 g/mol. The van der Waals surface area contributed by atoms with E-state index >= 15 is 0 Å². The van der Waals surface area contributed by atoms with Crippen molar-refractivity contribution in [2.45, 2.75) is 57.7 Å².